The predicted molar refractivity (Wildman–Crippen MR) is 109 cm³/mol. The van der Waals surface area contributed by atoms with Gasteiger partial charge in [-0.25, -0.2) is 8.42 Å². The molecule has 0 radical (unpaired) electrons. The van der Waals surface area contributed by atoms with Gasteiger partial charge < -0.3 is 4.90 Å². The van der Waals surface area contributed by atoms with Crippen LogP contribution in [-0.4, -0.2) is 39.2 Å². The summed E-state index contributed by atoms with van der Waals surface area (Å²) in [6, 6.07) is 16.2. The molecule has 1 saturated heterocycles. The number of sulfonamides is 1. The topological polar surface area (TPSA) is 49.4 Å². The molecule has 0 amide bonds. The molecule has 2 aromatic carbocycles. The molecule has 0 aromatic heterocycles. The Kier molecular flexibility index (Phi) is 5.68. The van der Waals surface area contributed by atoms with E-state index >= 15 is 0 Å². The Morgan fingerprint density at radius 1 is 1.12 bits per heavy atom. The van der Waals surface area contributed by atoms with E-state index in [1.54, 1.807) is 6.07 Å². The van der Waals surface area contributed by atoms with E-state index in [2.05, 4.69) is 47.7 Å². The maximum Gasteiger partial charge on any atom is 0.229 e. The molecule has 1 fully saturated rings. The number of rotatable bonds is 6. The van der Waals surface area contributed by atoms with Crippen molar-refractivity contribution in [3.8, 4) is 11.1 Å². The number of hydrogen-bond donors (Lipinski definition) is 1. The summed E-state index contributed by atoms with van der Waals surface area (Å²) in [6.07, 6.45) is 2.39. The Morgan fingerprint density at radius 3 is 2.50 bits per heavy atom. The standard InChI is InChI=1S/C21H28N2O2S/c1-16(2)14-23-12-11-20(15-23)18-9-7-17(8-10-18)19-5-4-6-21(13-19)22-26(3,24)25/h4-10,13,16,20,22H,11-12,14-15H2,1-3H3. The Morgan fingerprint density at radius 2 is 1.85 bits per heavy atom. The molecule has 4 nitrogen and oxygen atoms in total. The minimum absolute atomic E-state index is 0.592. The second kappa shape index (κ2) is 7.80. The fourth-order valence-electron chi connectivity index (χ4n) is 3.71. The number of nitrogens with one attached hydrogen (secondary N) is 1. The zero-order valence-corrected chi connectivity index (χ0v) is 16.6. The highest BCUT2D eigenvalue weighted by atomic mass is 32.2. The molecule has 0 aliphatic carbocycles. The summed E-state index contributed by atoms with van der Waals surface area (Å²) in [5, 5.41) is 0. The fraction of sp³-hybridized carbons (Fsp3) is 0.429. The van der Waals surface area contributed by atoms with Crippen LogP contribution in [0, 0.1) is 5.92 Å². The Bertz CT molecular complexity index is 845. The van der Waals surface area contributed by atoms with E-state index in [-0.39, 0.29) is 0 Å². The maximum atomic E-state index is 11.4. The maximum absolute atomic E-state index is 11.4. The largest absolute Gasteiger partial charge is 0.302 e. The molecule has 1 unspecified atom stereocenters. The number of nitrogens with zero attached hydrogens (tertiary/aromatic N) is 1. The summed E-state index contributed by atoms with van der Waals surface area (Å²) in [5.74, 6) is 1.32. The molecule has 0 spiro atoms. The van der Waals surface area contributed by atoms with Crippen molar-refractivity contribution in [2.45, 2.75) is 26.2 Å². The van der Waals surface area contributed by atoms with Gasteiger partial charge in [0.25, 0.3) is 0 Å². The minimum Gasteiger partial charge on any atom is -0.302 e. The summed E-state index contributed by atoms with van der Waals surface area (Å²) >= 11 is 0. The van der Waals surface area contributed by atoms with Crippen LogP contribution in [0.5, 0.6) is 0 Å². The van der Waals surface area contributed by atoms with Gasteiger partial charge in [-0.3, -0.25) is 4.72 Å². The lowest BCUT2D eigenvalue weighted by atomic mass is 9.95. The van der Waals surface area contributed by atoms with Gasteiger partial charge in [0.15, 0.2) is 0 Å². The van der Waals surface area contributed by atoms with E-state index in [0.29, 0.717) is 17.5 Å². The number of hydrogen-bond acceptors (Lipinski definition) is 3. The minimum atomic E-state index is -3.26. The summed E-state index contributed by atoms with van der Waals surface area (Å²) in [7, 11) is -3.26. The van der Waals surface area contributed by atoms with Gasteiger partial charge in [-0.2, -0.15) is 0 Å². The average molecular weight is 373 g/mol. The Balaban J connectivity index is 1.71. The van der Waals surface area contributed by atoms with Crippen molar-refractivity contribution >= 4 is 15.7 Å². The van der Waals surface area contributed by atoms with Gasteiger partial charge in [-0.05, 0) is 53.6 Å². The molecule has 26 heavy (non-hydrogen) atoms. The second-order valence-corrected chi connectivity index (χ2v) is 9.46. The van der Waals surface area contributed by atoms with Gasteiger partial charge in [0.1, 0.15) is 0 Å². The summed E-state index contributed by atoms with van der Waals surface area (Å²) in [4.78, 5) is 2.56. The summed E-state index contributed by atoms with van der Waals surface area (Å²) in [6.45, 7) is 8.05. The lowest BCUT2D eigenvalue weighted by Gasteiger charge is -2.18. The molecule has 0 saturated carbocycles. The van der Waals surface area contributed by atoms with Crippen LogP contribution < -0.4 is 4.72 Å². The highest BCUT2D eigenvalue weighted by Gasteiger charge is 2.24. The van der Waals surface area contributed by atoms with Gasteiger partial charge in [-0.15, -0.1) is 0 Å². The van der Waals surface area contributed by atoms with Gasteiger partial charge >= 0.3 is 0 Å². The molecule has 1 atom stereocenters. The monoisotopic (exact) mass is 372 g/mol. The van der Waals surface area contributed by atoms with Crippen molar-refractivity contribution in [1.82, 2.24) is 4.90 Å². The smallest absolute Gasteiger partial charge is 0.229 e. The molecule has 0 bridgehead atoms. The van der Waals surface area contributed by atoms with Gasteiger partial charge in [0.2, 0.25) is 10.0 Å². The van der Waals surface area contributed by atoms with Crippen molar-refractivity contribution < 1.29 is 8.42 Å². The number of likely N-dealkylation sites (tertiary alicyclic amines) is 1. The first-order chi connectivity index (χ1) is 12.3. The van der Waals surface area contributed by atoms with Crippen molar-refractivity contribution in [3.05, 3.63) is 54.1 Å². The lowest BCUT2D eigenvalue weighted by molar-refractivity contribution is 0.295. The van der Waals surface area contributed by atoms with E-state index < -0.39 is 10.0 Å². The van der Waals surface area contributed by atoms with Crippen LogP contribution in [0.3, 0.4) is 0 Å². The zero-order chi connectivity index (χ0) is 18.7. The normalized spacial score (nSPS) is 18.4. The van der Waals surface area contributed by atoms with Crippen LogP contribution in [-0.2, 0) is 10.0 Å². The first-order valence-corrected chi connectivity index (χ1v) is 11.1. The van der Waals surface area contributed by atoms with E-state index in [1.807, 2.05) is 18.2 Å². The quantitative estimate of drug-likeness (QED) is 0.828. The summed E-state index contributed by atoms with van der Waals surface area (Å²) < 4.78 is 25.4. The number of anilines is 1. The van der Waals surface area contributed by atoms with E-state index in [0.717, 1.165) is 17.7 Å². The third kappa shape index (κ3) is 5.08. The molecule has 1 aliphatic heterocycles. The van der Waals surface area contributed by atoms with Crippen LogP contribution in [0.25, 0.3) is 11.1 Å². The van der Waals surface area contributed by atoms with Crippen molar-refractivity contribution in [3.63, 3.8) is 0 Å². The van der Waals surface area contributed by atoms with Crippen LogP contribution in [0.4, 0.5) is 5.69 Å². The van der Waals surface area contributed by atoms with Gasteiger partial charge in [0.05, 0.1) is 6.26 Å². The second-order valence-electron chi connectivity index (χ2n) is 7.72. The molecule has 140 valence electrons. The highest BCUT2D eigenvalue weighted by molar-refractivity contribution is 7.92. The number of benzene rings is 2. The van der Waals surface area contributed by atoms with E-state index in [1.165, 1.54) is 31.3 Å². The first kappa shape index (κ1) is 18.9. The molecule has 3 rings (SSSR count). The molecular formula is C21H28N2O2S. The molecular weight excluding hydrogens is 344 g/mol. The van der Waals surface area contributed by atoms with E-state index in [4.69, 9.17) is 0 Å². The highest BCUT2D eigenvalue weighted by Crippen LogP contribution is 2.30. The molecule has 1 heterocycles. The molecule has 5 heteroatoms. The van der Waals surface area contributed by atoms with E-state index in [9.17, 15) is 8.42 Å². The third-order valence-electron chi connectivity index (χ3n) is 4.78. The van der Waals surface area contributed by atoms with Crippen molar-refractivity contribution in [2.24, 2.45) is 5.92 Å². The Hall–Kier alpha value is -1.85. The molecule has 2 aromatic rings. The van der Waals surface area contributed by atoms with Gasteiger partial charge in [-0.1, -0.05) is 50.2 Å². The van der Waals surface area contributed by atoms with Crippen molar-refractivity contribution in [1.29, 1.82) is 0 Å². The summed E-state index contributed by atoms with van der Waals surface area (Å²) in [5.41, 5.74) is 4.10. The first-order valence-electron chi connectivity index (χ1n) is 9.21. The lowest BCUT2D eigenvalue weighted by Crippen LogP contribution is -2.24. The average Bonchev–Trinajstić information content (AvgIpc) is 3.01. The van der Waals surface area contributed by atoms with Crippen LogP contribution in [0.1, 0.15) is 31.7 Å². The SMILES string of the molecule is CC(C)CN1CCC(c2ccc(-c3cccc(NS(C)(=O)=O)c3)cc2)C1. The van der Waals surface area contributed by atoms with Crippen LogP contribution in [0.15, 0.2) is 48.5 Å². The predicted octanol–water partition coefficient (Wildman–Crippen LogP) is 4.17. The zero-order valence-electron chi connectivity index (χ0n) is 15.8. The van der Waals surface area contributed by atoms with Gasteiger partial charge in [0, 0.05) is 18.8 Å². The third-order valence-corrected chi connectivity index (χ3v) is 5.38. The Labute approximate surface area is 157 Å². The van der Waals surface area contributed by atoms with Crippen molar-refractivity contribution in [2.75, 3.05) is 30.6 Å². The molecule has 1 N–H and O–H groups in total. The molecule has 1 aliphatic rings. The van der Waals surface area contributed by atoms with Crippen LogP contribution >= 0.6 is 0 Å². The fourth-order valence-corrected chi connectivity index (χ4v) is 4.27. The van der Waals surface area contributed by atoms with Crippen LogP contribution in [0.2, 0.25) is 0 Å².